The predicted molar refractivity (Wildman–Crippen MR) is 95.5 cm³/mol. The van der Waals surface area contributed by atoms with Crippen molar-refractivity contribution in [3.05, 3.63) is 39.7 Å². The quantitative estimate of drug-likeness (QED) is 0.860. The number of rotatable bonds is 3. The molecule has 2 unspecified atom stereocenters. The summed E-state index contributed by atoms with van der Waals surface area (Å²) in [5.41, 5.74) is -1.41. The highest BCUT2D eigenvalue weighted by atomic mass is 19.1. The first-order valence-corrected chi connectivity index (χ1v) is 9.24. The topological polar surface area (TPSA) is 74.6 Å². The van der Waals surface area contributed by atoms with Crippen LogP contribution in [0.15, 0.2) is 17.1 Å². The van der Waals surface area contributed by atoms with E-state index in [1.807, 2.05) is 0 Å². The summed E-state index contributed by atoms with van der Waals surface area (Å²) in [7, 11) is 0. The van der Waals surface area contributed by atoms with Crippen molar-refractivity contribution < 1.29 is 18.7 Å². The summed E-state index contributed by atoms with van der Waals surface area (Å²) in [5, 5.41) is 12.4. The molecule has 2 aliphatic heterocycles. The van der Waals surface area contributed by atoms with E-state index in [2.05, 4.69) is 5.32 Å². The summed E-state index contributed by atoms with van der Waals surface area (Å²) >= 11 is 0. The highest BCUT2D eigenvalue weighted by molar-refractivity contribution is 5.94. The number of benzene rings is 1. The molecule has 5 rings (SSSR count). The van der Waals surface area contributed by atoms with Crippen LogP contribution in [0, 0.1) is 17.6 Å². The second-order valence-electron chi connectivity index (χ2n) is 7.75. The number of carboxylic acid groups (broad SMARTS) is 1. The minimum absolute atomic E-state index is 0.00826. The third kappa shape index (κ3) is 2.46. The number of aromatic carboxylic acids is 1. The Kier molecular flexibility index (Phi) is 3.56. The Morgan fingerprint density at radius 2 is 2.00 bits per heavy atom. The lowest BCUT2D eigenvalue weighted by Crippen LogP contribution is -2.31. The zero-order valence-electron chi connectivity index (χ0n) is 14.5. The third-order valence-electron chi connectivity index (χ3n) is 6.03. The summed E-state index contributed by atoms with van der Waals surface area (Å²) in [6.45, 7) is 2.01. The van der Waals surface area contributed by atoms with Crippen LogP contribution in [0.1, 0.15) is 35.7 Å². The molecule has 6 nitrogen and oxygen atoms in total. The van der Waals surface area contributed by atoms with Gasteiger partial charge in [0, 0.05) is 31.4 Å². The van der Waals surface area contributed by atoms with Gasteiger partial charge in [0.05, 0.1) is 10.9 Å². The smallest absolute Gasteiger partial charge is 0.341 e. The maximum Gasteiger partial charge on any atom is 0.341 e. The molecule has 8 heteroatoms. The molecule has 1 aliphatic carbocycles. The number of nitrogens with zero attached hydrogens (tertiary/aromatic N) is 2. The monoisotopic (exact) mass is 375 g/mol. The van der Waals surface area contributed by atoms with Crippen molar-refractivity contribution in [2.75, 3.05) is 24.5 Å². The number of carboxylic acids is 1. The van der Waals surface area contributed by atoms with E-state index in [1.165, 1.54) is 10.8 Å². The van der Waals surface area contributed by atoms with Crippen LogP contribution < -0.4 is 15.6 Å². The Morgan fingerprint density at radius 1 is 1.22 bits per heavy atom. The highest BCUT2D eigenvalue weighted by Crippen LogP contribution is 2.40. The standard InChI is InChI=1S/C19H19F2N3O3/c20-13-5-11-16(24(10-1-2-10)7-12(18(11)25)19(26)27)15(21)17(13)23-6-9-3-4-22-14(9)8-23/h5,7,9-10,14,22H,1-4,6,8H2,(H,26,27). The largest absolute Gasteiger partial charge is 0.477 e. The van der Waals surface area contributed by atoms with Crippen LogP contribution in [-0.4, -0.2) is 41.3 Å². The van der Waals surface area contributed by atoms with Crippen molar-refractivity contribution in [3.8, 4) is 0 Å². The molecule has 27 heavy (non-hydrogen) atoms. The molecule has 3 heterocycles. The number of carbonyl (C=O) groups is 1. The minimum atomic E-state index is -1.39. The fourth-order valence-electron chi connectivity index (χ4n) is 4.55. The van der Waals surface area contributed by atoms with Crippen LogP contribution in [0.25, 0.3) is 10.9 Å². The van der Waals surface area contributed by atoms with E-state index in [1.54, 1.807) is 4.90 Å². The van der Waals surface area contributed by atoms with Crippen molar-refractivity contribution >= 4 is 22.6 Å². The summed E-state index contributed by atoms with van der Waals surface area (Å²) in [6.07, 6.45) is 3.74. The molecule has 0 radical (unpaired) electrons. The Balaban J connectivity index is 1.73. The molecule has 2 N–H and O–H groups in total. The zero-order valence-corrected chi connectivity index (χ0v) is 14.5. The van der Waals surface area contributed by atoms with Crippen LogP contribution in [0.5, 0.6) is 0 Å². The van der Waals surface area contributed by atoms with E-state index >= 15 is 4.39 Å². The molecule has 142 valence electrons. The number of hydrogen-bond donors (Lipinski definition) is 2. The minimum Gasteiger partial charge on any atom is -0.477 e. The summed E-state index contributed by atoms with van der Waals surface area (Å²) in [4.78, 5) is 25.6. The van der Waals surface area contributed by atoms with Crippen molar-refractivity contribution in [1.29, 1.82) is 0 Å². The summed E-state index contributed by atoms with van der Waals surface area (Å²) in [5.74, 6) is -2.62. The first-order chi connectivity index (χ1) is 13.0. The number of nitrogens with one attached hydrogen (secondary N) is 1. The van der Waals surface area contributed by atoms with Gasteiger partial charge in [-0.2, -0.15) is 0 Å². The lowest BCUT2D eigenvalue weighted by atomic mass is 10.1. The van der Waals surface area contributed by atoms with Crippen LogP contribution >= 0.6 is 0 Å². The Bertz CT molecular complexity index is 1020. The molecule has 0 bridgehead atoms. The number of pyridine rings is 1. The van der Waals surface area contributed by atoms with Gasteiger partial charge in [0.25, 0.3) is 0 Å². The first kappa shape index (κ1) is 16.7. The van der Waals surface area contributed by atoms with E-state index in [9.17, 15) is 19.1 Å². The lowest BCUT2D eigenvalue weighted by Gasteiger charge is -2.23. The highest BCUT2D eigenvalue weighted by Gasteiger charge is 2.39. The average molecular weight is 375 g/mol. The molecule has 0 spiro atoms. The fraction of sp³-hybridized carbons (Fsp3) is 0.474. The normalized spacial score (nSPS) is 24.6. The molecule has 0 amide bonds. The van der Waals surface area contributed by atoms with E-state index in [-0.39, 0.29) is 28.7 Å². The lowest BCUT2D eigenvalue weighted by molar-refractivity contribution is 0.0695. The Hall–Kier alpha value is -2.48. The van der Waals surface area contributed by atoms with Crippen LogP contribution in [0.4, 0.5) is 14.5 Å². The van der Waals surface area contributed by atoms with Gasteiger partial charge < -0.3 is 19.9 Å². The Morgan fingerprint density at radius 3 is 2.67 bits per heavy atom. The number of aromatic nitrogens is 1. The van der Waals surface area contributed by atoms with E-state index in [0.29, 0.717) is 19.0 Å². The predicted octanol–water partition coefficient (Wildman–Crippen LogP) is 2.11. The molecular weight excluding hydrogens is 356 g/mol. The van der Waals surface area contributed by atoms with Crippen molar-refractivity contribution in [2.45, 2.75) is 31.3 Å². The average Bonchev–Trinajstić information content (AvgIpc) is 3.24. The van der Waals surface area contributed by atoms with Gasteiger partial charge in [0.15, 0.2) is 5.82 Å². The molecule has 2 saturated heterocycles. The zero-order chi connectivity index (χ0) is 18.9. The van der Waals surface area contributed by atoms with Crippen LogP contribution in [0.2, 0.25) is 0 Å². The molecule has 3 aliphatic rings. The maximum absolute atomic E-state index is 15.5. The molecule has 1 aromatic carbocycles. The van der Waals surface area contributed by atoms with Gasteiger partial charge in [-0.15, -0.1) is 0 Å². The summed E-state index contributed by atoms with van der Waals surface area (Å²) in [6, 6.07) is 1.17. The molecule has 1 saturated carbocycles. The first-order valence-electron chi connectivity index (χ1n) is 9.24. The fourth-order valence-corrected chi connectivity index (χ4v) is 4.55. The van der Waals surface area contributed by atoms with Gasteiger partial charge in [-0.05, 0) is 37.8 Å². The van der Waals surface area contributed by atoms with Gasteiger partial charge >= 0.3 is 5.97 Å². The van der Waals surface area contributed by atoms with E-state index in [4.69, 9.17) is 0 Å². The third-order valence-corrected chi connectivity index (χ3v) is 6.03. The molecule has 1 aromatic heterocycles. The van der Waals surface area contributed by atoms with Crippen molar-refractivity contribution in [1.82, 2.24) is 9.88 Å². The molecule has 3 fully saturated rings. The van der Waals surface area contributed by atoms with E-state index < -0.39 is 28.6 Å². The SMILES string of the molecule is O=C(O)c1cn(C2CC2)c2c(F)c(N3CC4CCNC4C3)c(F)cc2c1=O. The molecule has 2 atom stereocenters. The van der Waals surface area contributed by atoms with Gasteiger partial charge in [0.1, 0.15) is 17.1 Å². The molecular formula is C19H19F2N3O3. The maximum atomic E-state index is 15.5. The van der Waals surface area contributed by atoms with E-state index in [0.717, 1.165) is 31.9 Å². The Labute approximate surface area is 153 Å². The molecule has 2 aromatic rings. The van der Waals surface area contributed by atoms with Gasteiger partial charge in [-0.3, -0.25) is 4.79 Å². The second-order valence-corrected chi connectivity index (χ2v) is 7.75. The van der Waals surface area contributed by atoms with Crippen LogP contribution in [0.3, 0.4) is 0 Å². The number of hydrogen-bond acceptors (Lipinski definition) is 4. The second kappa shape index (κ2) is 5.76. The van der Waals surface area contributed by atoms with Gasteiger partial charge in [0.2, 0.25) is 5.43 Å². The number of anilines is 1. The number of halogens is 2. The van der Waals surface area contributed by atoms with Gasteiger partial charge in [-0.1, -0.05) is 0 Å². The summed E-state index contributed by atoms with van der Waals surface area (Å²) < 4.78 is 31.9. The van der Waals surface area contributed by atoms with Crippen molar-refractivity contribution in [3.63, 3.8) is 0 Å². The van der Waals surface area contributed by atoms with Crippen molar-refractivity contribution in [2.24, 2.45) is 5.92 Å². The van der Waals surface area contributed by atoms with Crippen LogP contribution in [-0.2, 0) is 0 Å². The number of fused-ring (bicyclic) bond motifs is 2. The van der Waals surface area contributed by atoms with Gasteiger partial charge in [-0.25, -0.2) is 13.6 Å².